The first-order valence-corrected chi connectivity index (χ1v) is 7.52. The smallest absolute Gasteiger partial charge is 0.246 e. The van der Waals surface area contributed by atoms with E-state index < -0.39 is 0 Å². The van der Waals surface area contributed by atoms with Crippen LogP contribution in [0, 0.1) is 17.3 Å². The highest BCUT2D eigenvalue weighted by atomic mass is 16.2. The molecule has 2 rings (SSSR count). The second-order valence-electron chi connectivity index (χ2n) is 7.09. The van der Waals surface area contributed by atoms with Gasteiger partial charge in [0, 0.05) is 25.7 Å². The van der Waals surface area contributed by atoms with Gasteiger partial charge in [-0.15, -0.1) is 0 Å². The predicted molar refractivity (Wildman–Crippen MR) is 78.9 cm³/mol. The third-order valence-electron chi connectivity index (χ3n) is 4.81. The average molecular weight is 264 g/mol. The maximum absolute atomic E-state index is 12.1. The molecule has 1 aliphatic carbocycles. The molecular formula is C16H28N2O. The molecule has 1 saturated heterocycles. The molecule has 108 valence electrons. The van der Waals surface area contributed by atoms with Crippen LogP contribution in [0.4, 0.5) is 0 Å². The third-order valence-corrected chi connectivity index (χ3v) is 4.81. The van der Waals surface area contributed by atoms with E-state index in [2.05, 4.69) is 18.7 Å². The number of likely N-dealkylation sites (tertiary alicyclic amines) is 1. The van der Waals surface area contributed by atoms with Crippen molar-refractivity contribution in [3.63, 3.8) is 0 Å². The Kier molecular flexibility index (Phi) is 4.34. The molecule has 2 aliphatic rings. The van der Waals surface area contributed by atoms with Crippen molar-refractivity contribution in [2.45, 2.75) is 33.1 Å². The molecule has 3 nitrogen and oxygen atoms in total. The fourth-order valence-corrected chi connectivity index (χ4v) is 3.45. The van der Waals surface area contributed by atoms with Gasteiger partial charge in [-0.2, -0.15) is 0 Å². The molecule has 1 amide bonds. The third kappa shape index (κ3) is 3.38. The normalized spacial score (nSPS) is 30.8. The summed E-state index contributed by atoms with van der Waals surface area (Å²) < 4.78 is 0. The summed E-state index contributed by atoms with van der Waals surface area (Å²) in [6.45, 7) is 7.41. The zero-order valence-electron chi connectivity index (χ0n) is 12.9. The molecule has 1 spiro atoms. The Bertz CT molecular complexity index is 354. The summed E-state index contributed by atoms with van der Waals surface area (Å²) in [5.74, 6) is 1.89. The summed E-state index contributed by atoms with van der Waals surface area (Å²) in [7, 11) is 4.03. The Hall–Kier alpha value is -0.830. The van der Waals surface area contributed by atoms with E-state index in [-0.39, 0.29) is 5.91 Å². The van der Waals surface area contributed by atoms with Crippen molar-refractivity contribution in [1.82, 2.24) is 9.80 Å². The number of hydrogen-bond donors (Lipinski definition) is 0. The van der Waals surface area contributed by atoms with Crippen LogP contribution in [0.2, 0.25) is 0 Å². The topological polar surface area (TPSA) is 23.6 Å². The Morgan fingerprint density at radius 1 is 1.42 bits per heavy atom. The fraction of sp³-hybridized carbons (Fsp3) is 0.812. The molecule has 1 saturated carbocycles. The highest BCUT2D eigenvalue weighted by Crippen LogP contribution is 2.54. The quantitative estimate of drug-likeness (QED) is 0.728. The van der Waals surface area contributed by atoms with E-state index in [1.165, 1.54) is 19.3 Å². The molecule has 0 atom stereocenters. The first-order valence-electron chi connectivity index (χ1n) is 7.52. The fourth-order valence-electron chi connectivity index (χ4n) is 3.45. The van der Waals surface area contributed by atoms with E-state index in [0.717, 1.165) is 31.5 Å². The van der Waals surface area contributed by atoms with Crippen molar-refractivity contribution in [3.8, 4) is 0 Å². The second-order valence-corrected chi connectivity index (χ2v) is 7.09. The van der Waals surface area contributed by atoms with Crippen molar-refractivity contribution in [1.29, 1.82) is 0 Å². The summed E-state index contributed by atoms with van der Waals surface area (Å²) in [4.78, 5) is 16.2. The van der Waals surface area contributed by atoms with Crippen LogP contribution < -0.4 is 0 Å². The van der Waals surface area contributed by atoms with Crippen molar-refractivity contribution in [2.24, 2.45) is 17.3 Å². The van der Waals surface area contributed by atoms with Gasteiger partial charge in [-0.3, -0.25) is 4.79 Å². The number of carbonyl (C=O) groups is 1. The van der Waals surface area contributed by atoms with E-state index in [0.29, 0.717) is 5.41 Å². The van der Waals surface area contributed by atoms with E-state index in [9.17, 15) is 4.79 Å². The Morgan fingerprint density at radius 2 is 2.11 bits per heavy atom. The lowest BCUT2D eigenvalue weighted by atomic mass is 9.58. The van der Waals surface area contributed by atoms with E-state index in [4.69, 9.17) is 0 Å². The van der Waals surface area contributed by atoms with Gasteiger partial charge in [-0.05, 0) is 50.6 Å². The summed E-state index contributed by atoms with van der Waals surface area (Å²) in [6.07, 6.45) is 7.58. The number of hydrogen-bond acceptors (Lipinski definition) is 2. The molecule has 0 aromatic heterocycles. The molecule has 2 fully saturated rings. The van der Waals surface area contributed by atoms with Gasteiger partial charge in [0.25, 0.3) is 0 Å². The maximum atomic E-state index is 12.1. The molecule has 0 unspecified atom stereocenters. The zero-order chi connectivity index (χ0) is 14.0. The van der Waals surface area contributed by atoms with Gasteiger partial charge >= 0.3 is 0 Å². The molecule has 0 aromatic carbocycles. The van der Waals surface area contributed by atoms with Gasteiger partial charge in [0.2, 0.25) is 5.91 Å². The SMILES string of the molecule is CC(C)C1CC2(CCN(C(=O)C=CCN(C)C)C2)C1. The molecule has 0 bridgehead atoms. The van der Waals surface area contributed by atoms with Crippen LogP contribution in [0.25, 0.3) is 0 Å². The lowest BCUT2D eigenvalue weighted by Gasteiger charge is -2.47. The van der Waals surface area contributed by atoms with Crippen LogP contribution in [0.3, 0.4) is 0 Å². The van der Waals surface area contributed by atoms with Crippen LogP contribution >= 0.6 is 0 Å². The Balaban J connectivity index is 1.79. The number of likely N-dealkylation sites (N-methyl/N-ethyl adjacent to an activating group) is 1. The number of nitrogens with zero attached hydrogens (tertiary/aromatic N) is 2. The highest BCUT2D eigenvalue weighted by Gasteiger charge is 2.49. The van der Waals surface area contributed by atoms with E-state index in [1.54, 1.807) is 6.08 Å². The molecule has 3 heteroatoms. The summed E-state index contributed by atoms with van der Waals surface area (Å²) in [5.41, 5.74) is 0.472. The van der Waals surface area contributed by atoms with Crippen molar-refractivity contribution in [2.75, 3.05) is 33.7 Å². The molecule has 0 N–H and O–H groups in total. The largest absolute Gasteiger partial charge is 0.339 e. The average Bonchev–Trinajstić information content (AvgIpc) is 2.71. The molecule has 19 heavy (non-hydrogen) atoms. The number of carbonyl (C=O) groups excluding carboxylic acids is 1. The van der Waals surface area contributed by atoms with Gasteiger partial charge in [-0.1, -0.05) is 19.9 Å². The van der Waals surface area contributed by atoms with Crippen molar-refractivity contribution >= 4 is 5.91 Å². The van der Waals surface area contributed by atoms with Crippen LogP contribution in [-0.2, 0) is 4.79 Å². The summed E-state index contributed by atoms with van der Waals surface area (Å²) in [5, 5.41) is 0. The minimum Gasteiger partial charge on any atom is -0.339 e. The first-order chi connectivity index (χ1) is 8.92. The molecule has 0 radical (unpaired) electrons. The standard InChI is InChI=1S/C16H28N2O/c1-13(2)14-10-16(11-14)7-9-18(12-16)15(19)6-5-8-17(3)4/h5-6,13-14H,7-12H2,1-4H3. The molecule has 1 aliphatic heterocycles. The van der Waals surface area contributed by atoms with Crippen LogP contribution in [0.5, 0.6) is 0 Å². The van der Waals surface area contributed by atoms with Crippen LogP contribution in [0.15, 0.2) is 12.2 Å². The van der Waals surface area contributed by atoms with Gasteiger partial charge in [0.1, 0.15) is 0 Å². The monoisotopic (exact) mass is 264 g/mol. The lowest BCUT2D eigenvalue weighted by Crippen LogP contribution is -2.42. The van der Waals surface area contributed by atoms with Crippen molar-refractivity contribution in [3.05, 3.63) is 12.2 Å². The maximum Gasteiger partial charge on any atom is 0.246 e. The molecule has 0 aromatic rings. The minimum atomic E-state index is 0.201. The van der Waals surface area contributed by atoms with Gasteiger partial charge in [0.05, 0.1) is 0 Å². The number of amides is 1. The zero-order valence-corrected chi connectivity index (χ0v) is 12.9. The van der Waals surface area contributed by atoms with Crippen LogP contribution in [-0.4, -0.2) is 49.4 Å². The van der Waals surface area contributed by atoms with Gasteiger partial charge in [-0.25, -0.2) is 0 Å². The summed E-state index contributed by atoms with van der Waals surface area (Å²) >= 11 is 0. The number of rotatable bonds is 4. The molecule has 1 heterocycles. The lowest BCUT2D eigenvalue weighted by molar-refractivity contribution is -0.126. The Morgan fingerprint density at radius 3 is 2.68 bits per heavy atom. The van der Waals surface area contributed by atoms with Gasteiger partial charge in [0.15, 0.2) is 0 Å². The Labute approximate surface area is 117 Å². The van der Waals surface area contributed by atoms with Crippen molar-refractivity contribution < 1.29 is 4.79 Å². The van der Waals surface area contributed by atoms with E-state index >= 15 is 0 Å². The highest BCUT2D eigenvalue weighted by molar-refractivity contribution is 5.87. The van der Waals surface area contributed by atoms with Gasteiger partial charge < -0.3 is 9.80 Å². The predicted octanol–water partition coefficient (Wildman–Crippen LogP) is 2.39. The second kappa shape index (κ2) is 5.66. The van der Waals surface area contributed by atoms with Crippen LogP contribution in [0.1, 0.15) is 33.1 Å². The first kappa shape index (κ1) is 14.6. The van der Waals surface area contributed by atoms with E-state index in [1.807, 2.05) is 25.1 Å². The minimum absolute atomic E-state index is 0.201. The molecular weight excluding hydrogens is 236 g/mol. The summed E-state index contributed by atoms with van der Waals surface area (Å²) in [6, 6.07) is 0.